The molecule has 158 valence electrons. The zero-order valence-electron chi connectivity index (χ0n) is 16.6. The molecule has 0 radical (unpaired) electrons. The van der Waals surface area contributed by atoms with Crippen molar-refractivity contribution in [2.75, 3.05) is 19.8 Å². The van der Waals surface area contributed by atoms with Gasteiger partial charge in [0.15, 0.2) is 0 Å². The van der Waals surface area contributed by atoms with Gasteiger partial charge in [-0.25, -0.2) is 0 Å². The van der Waals surface area contributed by atoms with Crippen molar-refractivity contribution in [1.29, 1.82) is 0 Å². The number of likely N-dealkylation sites (tertiary alicyclic amines) is 1. The minimum atomic E-state index is -1.36. The first-order chi connectivity index (χ1) is 12.7. The Hall–Kier alpha value is -0.420. The van der Waals surface area contributed by atoms with E-state index in [0.717, 1.165) is 25.8 Å². The van der Waals surface area contributed by atoms with E-state index in [9.17, 15) is 20.1 Å². The molecule has 2 heterocycles. The van der Waals surface area contributed by atoms with Gasteiger partial charge in [-0.05, 0) is 39.0 Å². The van der Waals surface area contributed by atoms with Crippen LogP contribution in [0.5, 0.6) is 0 Å². The van der Waals surface area contributed by atoms with Crippen LogP contribution >= 0.6 is 11.8 Å². The lowest BCUT2D eigenvalue weighted by Crippen LogP contribution is -2.66. The summed E-state index contributed by atoms with van der Waals surface area (Å²) in [6.45, 7) is 4.75. The number of hydrogen-bond donors (Lipinski definition) is 5. The zero-order valence-corrected chi connectivity index (χ0v) is 17.4. The van der Waals surface area contributed by atoms with E-state index < -0.39 is 41.9 Å². The van der Waals surface area contributed by atoms with Gasteiger partial charge in [-0.1, -0.05) is 13.3 Å². The minimum Gasteiger partial charge on any atom is -0.388 e. The number of rotatable bonds is 7. The van der Waals surface area contributed by atoms with Gasteiger partial charge in [0.1, 0.15) is 29.9 Å². The molecule has 2 fully saturated rings. The number of nitrogens with two attached hydrogens (primary N) is 1. The van der Waals surface area contributed by atoms with Crippen molar-refractivity contribution >= 4 is 17.7 Å². The van der Waals surface area contributed by atoms with Crippen LogP contribution < -0.4 is 11.1 Å². The fourth-order valence-electron chi connectivity index (χ4n) is 4.17. The number of nitrogens with one attached hydrogen (secondary N) is 1. The van der Waals surface area contributed by atoms with Gasteiger partial charge < -0.3 is 31.1 Å². The topological polar surface area (TPSA) is 128 Å². The summed E-state index contributed by atoms with van der Waals surface area (Å²) in [5.74, 6) is 0.356. The van der Waals surface area contributed by atoms with Crippen molar-refractivity contribution in [3.8, 4) is 0 Å². The minimum absolute atomic E-state index is 0.143. The third kappa shape index (κ3) is 5.14. The Balaban J connectivity index is 2.09. The van der Waals surface area contributed by atoms with Crippen LogP contribution in [0.25, 0.3) is 0 Å². The van der Waals surface area contributed by atoms with Crippen molar-refractivity contribution in [2.24, 2.45) is 11.7 Å². The molecule has 0 spiro atoms. The van der Waals surface area contributed by atoms with Crippen molar-refractivity contribution in [3.63, 3.8) is 0 Å². The van der Waals surface area contributed by atoms with Crippen LogP contribution in [-0.2, 0) is 9.53 Å². The lowest BCUT2D eigenvalue weighted by Gasteiger charge is -2.44. The molecule has 2 rings (SSSR count). The SMILES string of the molecule is CCC[C@@H]1C[C@@H](C(=O)N[C@@H]([C@H]2OC(SC)[C@H](O)C(O)[C@@H]2O)[C@H](C)N)N(C)C1. The highest BCUT2D eigenvalue weighted by Crippen LogP contribution is 2.30. The molecule has 0 aromatic rings. The molecule has 9 heteroatoms. The third-order valence-electron chi connectivity index (χ3n) is 5.70. The Morgan fingerprint density at radius 1 is 1.33 bits per heavy atom. The average Bonchev–Trinajstić information content (AvgIpc) is 2.99. The van der Waals surface area contributed by atoms with Crippen molar-refractivity contribution in [3.05, 3.63) is 0 Å². The Labute approximate surface area is 165 Å². The van der Waals surface area contributed by atoms with E-state index in [0.29, 0.717) is 5.92 Å². The second-order valence-electron chi connectivity index (χ2n) is 7.92. The third-order valence-corrected chi connectivity index (χ3v) is 6.56. The van der Waals surface area contributed by atoms with E-state index in [-0.39, 0.29) is 11.9 Å². The lowest BCUT2D eigenvalue weighted by atomic mass is 9.91. The summed E-state index contributed by atoms with van der Waals surface area (Å²) in [5, 5.41) is 33.6. The smallest absolute Gasteiger partial charge is 0.237 e. The summed E-state index contributed by atoms with van der Waals surface area (Å²) in [4.78, 5) is 15.0. The molecule has 8 nitrogen and oxygen atoms in total. The fourth-order valence-corrected chi connectivity index (χ4v) is 4.85. The highest BCUT2D eigenvalue weighted by atomic mass is 32.2. The number of aliphatic hydroxyl groups is 3. The van der Waals surface area contributed by atoms with Gasteiger partial charge >= 0.3 is 0 Å². The predicted octanol–water partition coefficient (Wildman–Crippen LogP) is -0.891. The van der Waals surface area contributed by atoms with Crippen molar-refractivity contribution < 1.29 is 24.9 Å². The molecule has 2 aliphatic rings. The first kappa shape index (κ1) is 22.9. The monoisotopic (exact) mass is 405 g/mol. The number of hydrogen-bond acceptors (Lipinski definition) is 8. The van der Waals surface area contributed by atoms with Gasteiger partial charge in [-0.15, -0.1) is 11.8 Å². The van der Waals surface area contributed by atoms with Gasteiger partial charge in [-0.2, -0.15) is 0 Å². The maximum absolute atomic E-state index is 12.9. The number of nitrogens with zero attached hydrogens (tertiary/aromatic N) is 1. The number of carbonyl (C=O) groups excluding carboxylic acids is 1. The molecule has 2 aliphatic heterocycles. The molecule has 6 N–H and O–H groups in total. The number of aliphatic hydroxyl groups excluding tert-OH is 3. The fraction of sp³-hybridized carbons (Fsp3) is 0.944. The van der Waals surface area contributed by atoms with Crippen LogP contribution in [0, 0.1) is 5.92 Å². The van der Waals surface area contributed by atoms with E-state index in [1.807, 2.05) is 7.05 Å². The molecular weight excluding hydrogens is 370 g/mol. The molecule has 0 aromatic heterocycles. The summed E-state index contributed by atoms with van der Waals surface area (Å²) in [6.07, 6.45) is -0.0747. The van der Waals surface area contributed by atoms with Crippen LogP contribution in [0.15, 0.2) is 0 Å². The van der Waals surface area contributed by atoms with Crippen molar-refractivity contribution in [2.45, 2.75) is 81.1 Å². The summed E-state index contributed by atoms with van der Waals surface area (Å²) in [7, 11) is 1.94. The van der Waals surface area contributed by atoms with Gasteiger partial charge in [0.05, 0.1) is 12.1 Å². The van der Waals surface area contributed by atoms with E-state index in [1.54, 1.807) is 13.2 Å². The van der Waals surface area contributed by atoms with Gasteiger partial charge in [-0.3, -0.25) is 9.69 Å². The number of likely N-dealkylation sites (N-methyl/N-ethyl adjacent to an activating group) is 1. The van der Waals surface area contributed by atoms with Crippen LogP contribution in [-0.4, -0.2) is 94.0 Å². The Morgan fingerprint density at radius 2 is 2.00 bits per heavy atom. The number of amides is 1. The predicted molar refractivity (Wildman–Crippen MR) is 105 cm³/mol. The Morgan fingerprint density at radius 3 is 2.56 bits per heavy atom. The second-order valence-corrected chi connectivity index (χ2v) is 8.85. The highest BCUT2D eigenvalue weighted by Gasteiger charge is 2.48. The van der Waals surface area contributed by atoms with Crippen molar-refractivity contribution in [1.82, 2.24) is 10.2 Å². The first-order valence-corrected chi connectivity index (χ1v) is 11.0. The zero-order chi connectivity index (χ0) is 20.3. The lowest BCUT2D eigenvalue weighted by molar-refractivity contribution is -0.206. The summed E-state index contributed by atoms with van der Waals surface area (Å²) >= 11 is 1.24. The molecule has 0 bridgehead atoms. The van der Waals surface area contributed by atoms with E-state index in [2.05, 4.69) is 17.1 Å². The van der Waals surface area contributed by atoms with Crippen LogP contribution in [0.1, 0.15) is 33.1 Å². The second kappa shape index (κ2) is 9.87. The average molecular weight is 406 g/mol. The normalized spacial score (nSPS) is 39.9. The molecular formula is C18H35N3O5S. The molecule has 0 aromatic carbocycles. The molecule has 27 heavy (non-hydrogen) atoms. The van der Waals surface area contributed by atoms with Gasteiger partial charge in [0.2, 0.25) is 5.91 Å². The quantitative estimate of drug-likeness (QED) is 0.369. The van der Waals surface area contributed by atoms with E-state index in [4.69, 9.17) is 10.5 Å². The number of thioether (sulfide) groups is 1. The molecule has 0 saturated carbocycles. The van der Waals surface area contributed by atoms with Gasteiger partial charge in [0.25, 0.3) is 0 Å². The first-order valence-electron chi connectivity index (χ1n) is 9.69. The molecule has 0 aliphatic carbocycles. The Bertz CT molecular complexity index is 496. The Kier molecular flexibility index (Phi) is 8.35. The molecule has 9 atom stereocenters. The van der Waals surface area contributed by atoms with E-state index in [1.165, 1.54) is 11.8 Å². The summed E-state index contributed by atoms with van der Waals surface area (Å²) in [5.41, 5.74) is 5.38. The van der Waals surface area contributed by atoms with Crippen LogP contribution in [0.4, 0.5) is 0 Å². The summed E-state index contributed by atoms with van der Waals surface area (Å²) < 4.78 is 5.80. The number of carbonyl (C=O) groups is 1. The van der Waals surface area contributed by atoms with Crippen LogP contribution in [0.2, 0.25) is 0 Å². The molecule has 2 unspecified atom stereocenters. The highest BCUT2D eigenvalue weighted by molar-refractivity contribution is 7.99. The van der Waals surface area contributed by atoms with Crippen LogP contribution in [0.3, 0.4) is 0 Å². The molecule has 2 saturated heterocycles. The molecule has 1 amide bonds. The largest absolute Gasteiger partial charge is 0.388 e. The van der Waals surface area contributed by atoms with E-state index >= 15 is 0 Å². The summed E-state index contributed by atoms with van der Waals surface area (Å²) in [6, 6.07) is -1.42. The number of ether oxygens (including phenoxy) is 1. The maximum atomic E-state index is 12.9. The standard InChI is InChI=1S/C18H35N3O5S/c1-5-6-10-7-11(21(3)8-10)17(25)20-12(9(2)19)16-14(23)13(22)15(24)18(26-16)27-4/h9-16,18,22-24H,5-8,19H2,1-4H3,(H,20,25)/t9-,10+,11-,12+,13?,14-,15+,16+,18?/m0/s1. The maximum Gasteiger partial charge on any atom is 0.237 e. The van der Waals surface area contributed by atoms with Gasteiger partial charge in [0, 0.05) is 12.6 Å².